The Hall–Kier alpha value is -1.23. The molecular weight excluding hydrogens is 233 g/mol. The minimum absolute atomic E-state index is 0.361. The van der Waals surface area contributed by atoms with Gasteiger partial charge in [-0.1, -0.05) is 12.1 Å². The number of aromatic hydroxyl groups is 1. The number of phenols is 1. The molecule has 0 saturated carbocycles. The fourth-order valence-corrected chi connectivity index (χ4v) is 0.713. The van der Waals surface area contributed by atoms with Crippen LogP contribution in [0.25, 0.3) is 0 Å². The molecule has 1 aromatic carbocycles. The van der Waals surface area contributed by atoms with E-state index in [1.165, 1.54) is 19.1 Å². The number of carbonyl (C=O) groups excluding carboxylic acids is 1. The first-order valence-corrected chi connectivity index (χ1v) is 4.14. The lowest BCUT2D eigenvalue weighted by atomic mass is 10.2. The Morgan fingerprint density at radius 2 is 1.73 bits per heavy atom. The number of hydrogen-bond acceptors (Lipinski definition) is 2. The summed E-state index contributed by atoms with van der Waals surface area (Å²) in [5.74, 6) is -0.736. The standard InChI is InChI=1S/C7H5F3O.C2H3ClO/c8-7(9,10)5-3-1-2-4-6(5)11;1-2(3)4/h1-4,11H;1H3. The minimum atomic E-state index is -4.47. The molecule has 0 bridgehead atoms. The topological polar surface area (TPSA) is 37.3 Å². The van der Waals surface area contributed by atoms with Gasteiger partial charge in [-0.3, -0.25) is 4.79 Å². The van der Waals surface area contributed by atoms with Crippen LogP contribution in [0.1, 0.15) is 12.5 Å². The van der Waals surface area contributed by atoms with Crippen LogP contribution in [0.4, 0.5) is 13.2 Å². The lowest BCUT2D eigenvalue weighted by Gasteiger charge is -2.06. The Balaban J connectivity index is 0.000000423. The summed E-state index contributed by atoms with van der Waals surface area (Å²) in [7, 11) is 0. The van der Waals surface area contributed by atoms with E-state index in [-0.39, 0.29) is 5.24 Å². The highest BCUT2D eigenvalue weighted by atomic mass is 35.5. The van der Waals surface area contributed by atoms with E-state index in [1.807, 2.05) is 0 Å². The largest absolute Gasteiger partial charge is 0.507 e. The van der Waals surface area contributed by atoms with Gasteiger partial charge in [0, 0.05) is 6.92 Å². The van der Waals surface area contributed by atoms with Gasteiger partial charge in [-0.15, -0.1) is 0 Å². The van der Waals surface area contributed by atoms with Crippen LogP contribution < -0.4 is 0 Å². The average molecular weight is 241 g/mol. The molecule has 0 heterocycles. The molecule has 0 unspecified atom stereocenters. The summed E-state index contributed by atoms with van der Waals surface area (Å²) in [6, 6.07) is 4.39. The van der Waals surface area contributed by atoms with Crippen LogP contribution in [-0.4, -0.2) is 10.3 Å². The van der Waals surface area contributed by atoms with Crippen molar-refractivity contribution in [3.8, 4) is 5.75 Å². The summed E-state index contributed by atoms with van der Waals surface area (Å²) < 4.78 is 35.7. The number of benzene rings is 1. The molecule has 0 fully saturated rings. The molecule has 0 aliphatic heterocycles. The lowest BCUT2D eigenvalue weighted by Crippen LogP contribution is -2.04. The first-order chi connectivity index (χ1) is 6.75. The second kappa shape index (κ2) is 5.60. The van der Waals surface area contributed by atoms with Gasteiger partial charge in [0.2, 0.25) is 5.24 Å². The van der Waals surface area contributed by atoms with Crippen LogP contribution in [0, 0.1) is 0 Å². The number of hydrogen-bond donors (Lipinski definition) is 1. The van der Waals surface area contributed by atoms with Gasteiger partial charge in [-0.2, -0.15) is 13.2 Å². The Morgan fingerprint density at radius 1 is 1.33 bits per heavy atom. The monoisotopic (exact) mass is 240 g/mol. The van der Waals surface area contributed by atoms with E-state index in [1.54, 1.807) is 0 Å². The number of halogens is 4. The van der Waals surface area contributed by atoms with Gasteiger partial charge in [0.05, 0.1) is 5.56 Å². The summed E-state index contributed by atoms with van der Waals surface area (Å²) in [6.45, 7) is 1.29. The Morgan fingerprint density at radius 3 is 2.00 bits per heavy atom. The van der Waals surface area contributed by atoms with Crippen LogP contribution in [-0.2, 0) is 11.0 Å². The van der Waals surface area contributed by atoms with Gasteiger partial charge < -0.3 is 5.11 Å². The summed E-state index contributed by atoms with van der Waals surface area (Å²) in [4.78, 5) is 9.21. The number of alkyl halides is 3. The van der Waals surface area contributed by atoms with E-state index in [0.29, 0.717) is 0 Å². The fourth-order valence-electron chi connectivity index (χ4n) is 0.713. The van der Waals surface area contributed by atoms with Crippen LogP contribution in [0.15, 0.2) is 24.3 Å². The van der Waals surface area contributed by atoms with Crippen LogP contribution in [0.3, 0.4) is 0 Å². The van der Waals surface area contributed by atoms with E-state index in [0.717, 1.165) is 12.1 Å². The average Bonchev–Trinajstić information content (AvgIpc) is 2.01. The number of rotatable bonds is 0. The summed E-state index contributed by atoms with van der Waals surface area (Å²) in [5, 5.41) is 8.37. The molecule has 0 radical (unpaired) electrons. The maximum absolute atomic E-state index is 11.9. The first kappa shape index (κ1) is 13.8. The number of carbonyl (C=O) groups is 1. The summed E-state index contributed by atoms with van der Waals surface area (Å²) >= 11 is 4.64. The second-order valence-electron chi connectivity index (χ2n) is 2.49. The zero-order valence-electron chi connectivity index (χ0n) is 7.68. The van der Waals surface area contributed by atoms with Gasteiger partial charge in [-0.05, 0) is 23.7 Å². The maximum Gasteiger partial charge on any atom is 0.419 e. The lowest BCUT2D eigenvalue weighted by molar-refractivity contribution is -0.138. The van der Waals surface area contributed by atoms with Gasteiger partial charge in [0.15, 0.2) is 0 Å². The molecular formula is C9H8ClF3O2. The Bertz CT molecular complexity index is 332. The van der Waals surface area contributed by atoms with Gasteiger partial charge in [0.1, 0.15) is 5.75 Å². The highest BCUT2D eigenvalue weighted by Gasteiger charge is 2.33. The Kier molecular flexibility index (Phi) is 5.14. The van der Waals surface area contributed by atoms with Crippen molar-refractivity contribution in [2.75, 3.05) is 0 Å². The van der Waals surface area contributed by atoms with Crippen molar-refractivity contribution in [2.24, 2.45) is 0 Å². The van der Waals surface area contributed by atoms with Crippen molar-refractivity contribution in [2.45, 2.75) is 13.1 Å². The molecule has 0 aromatic heterocycles. The molecule has 84 valence electrons. The van der Waals surface area contributed by atoms with Crippen molar-refractivity contribution in [3.63, 3.8) is 0 Å². The van der Waals surface area contributed by atoms with Gasteiger partial charge in [0.25, 0.3) is 0 Å². The van der Waals surface area contributed by atoms with Crippen LogP contribution in [0.5, 0.6) is 5.75 Å². The predicted octanol–water partition coefficient (Wildman–Crippen LogP) is 3.18. The van der Waals surface area contributed by atoms with E-state index in [4.69, 9.17) is 5.11 Å². The smallest absolute Gasteiger partial charge is 0.419 e. The summed E-state index contributed by atoms with van der Waals surface area (Å²) in [6.07, 6.45) is -4.47. The summed E-state index contributed by atoms with van der Waals surface area (Å²) in [5.41, 5.74) is -1.000. The molecule has 0 saturated heterocycles. The third-order valence-electron chi connectivity index (χ3n) is 1.21. The van der Waals surface area contributed by atoms with Crippen molar-refractivity contribution in [3.05, 3.63) is 29.8 Å². The molecule has 0 atom stereocenters. The molecule has 1 aromatic rings. The van der Waals surface area contributed by atoms with E-state index < -0.39 is 17.5 Å². The Labute approximate surface area is 89.3 Å². The molecule has 0 aliphatic rings. The molecule has 1 N–H and O–H groups in total. The highest BCUT2D eigenvalue weighted by molar-refractivity contribution is 6.62. The predicted molar refractivity (Wildman–Crippen MR) is 49.6 cm³/mol. The number of para-hydroxylation sites is 1. The molecule has 0 spiro atoms. The fraction of sp³-hybridized carbons (Fsp3) is 0.222. The normalized spacial score (nSPS) is 10.2. The maximum atomic E-state index is 11.9. The van der Waals surface area contributed by atoms with Crippen molar-refractivity contribution in [1.29, 1.82) is 0 Å². The first-order valence-electron chi connectivity index (χ1n) is 3.76. The van der Waals surface area contributed by atoms with E-state index >= 15 is 0 Å². The third kappa shape index (κ3) is 5.96. The molecule has 15 heavy (non-hydrogen) atoms. The van der Waals surface area contributed by atoms with Gasteiger partial charge in [-0.25, -0.2) is 0 Å². The quantitative estimate of drug-likeness (QED) is 0.707. The molecule has 6 heteroatoms. The van der Waals surface area contributed by atoms with E-state index in [9.17, 15) is 18.0 Å². The second-order valence-corrected chi connectivity index (χ2v) is 3.02. The zero-order chi connectivity index (χ0) is 12.1. The van der Waals surface area contributed by atoms with Crippen molar-refractivity contribution in [1.82, 2.24) is 0 Å². The molecule has 2 nitrogen and oxygen atoms in total. The van der Waals surface area contributed by atoms with Crippen LogP contribution in [0.2, 0.25) is 0 Å². The number of phenolic OH excluding ortho intramolecular Hbond substituents is 1. The minimum Gasteiger partial charge on any atom is -0.507 e. The van der Waals surface area contributed by atoms with E-state index in [2.05, 4.69) is 11.6 Å². The zero-order valence-corrected chi connectivity index (χ0v) is 8.43. The highest BCUT2D eigenvalue weighted by Crippen LogP contribution is 2.34. The van der Waals surface area contributed by atoms with Crippen molar-refractivity contribution < 1.29 is 23.1 Å². The molecule has 1 rings (SSSR count). The molecule has 0 aliphatic carbocycles. The van der Waals surface area contributed by atoms with Crippen molar-refractivity contribution >= 4 is 16.8 Å². The van der Waals surface area contributed by atoms with Gasteiger partial charge >= 0.3 is 6.18 Å². The molecule has 0 amide bonds. The SMILES string of the molecule is CC(=O)Cl.Oc1ccccc1C(F)(F)F. The third-order valence-corrected chi connectivity index (χ3v) is 1.21. The van der Waals surface area contributed by atoms with Crippen LogP contribution >= 0.6 is 11.6 Å².